The highest BCUT2D eigenvalue weighted by Gasteiger charge is 2.30. The first kappa shape index (κ1) is 14.5. The Morgan fingerprint density at radius 1 is 1.42 bits per heavy atom. The smallest absolute Gasteiger partial charge is 0.260 e. The molecule has 0 bridgehead atoms. The van der Waals surface area contributed by atoms with Crippen LogP contribution in [-0.2, 0) is 10.0 Å². The summed E-state index contributed by atoms with van der Waals surface area (Å²) in [6.07, 6.45) is 3.53. The van der Waals surface area contributed by atoms with E-state index in [-0.39, 0.29) is 11.1 Å². The first-order chi connectivity index (χ1) is 9.01. The first-order valence-corrected chi connectivity index (χ1v) is 8.17. The molecule has 2 rings (SSSR count). The number of aromatic amines is 1. The molecule has 0 atom stereocenters. The third-order valence-corrected chi connectivity index (χ3v) is 5.51. The second-order valence-electron chi connectivity index (χ2n) is 5.28. The van der Waals surface area contributed by atoms with Gasteiger partial charge < -0.3 is 5.32 Å². The second kappa shape index (κ2) is 6.02. The number of piperidine rings is 1. The van der Waals surface area contributed by atoms with Gasteiger partial charge in [-0.2, -0.15) is 9.40 Å². The molecule has 0 unspecified atom stereocenters. The van der Waals surface area contributed by atoms with Gasteiger partial charge in [0.25, 0.3) is 10.0 Å². The topological polar surface area (TPSA) is 78.1 Å². The standard InChI is InChI=1S/C12H22N4O2S/c1-10(2)16(9-11-3-6-13-7-4-11)19(17,18)12-5-8-14-15-12/h5,8,10-11,13H,3-4,6-7,9H2,1-2H3,(H,14,15). The van der Waals surface area contributed by atoms with E-state index in [0.29, 0.717) is 12.5 Å². The molecule has 0 saturated carbocycles. The van der Waals surface area contributed by atoms with E-state index < -0.39 is 10.0 Å². The van der Waals surface area contributed by atoms with Crippen LogP contribution in [0.2, 0.25) is 0 Å². The van der Waals surface area contributed by atoms with Crippen molar-refractivity contribution >= 4 is 10.0 Å². The van der Waals surface area contributed by atoms with Crippen molar-refractivity contribution in [2.24, 2.45) is 5.92 Å². The Kier molecular flexibility index (Phi) is 4.59. The monoisotopic (exact) mass is 286 g/mol. The molecule has 1 saturated heterocycles. The van der Waals surface area contributed by atoms with E-state index >= 15 is 0 Å². The van der Waals surface area contributed by atoms with Gasteiger partial charge in [-0.1, -0.05) is 0 Å². The van der Waals surface area contributed by atoms with Crippen molar-refractivity contribution in [1.29, 1.82) is 0 Å². The van der Waals surface area contributed by atoms with Gasteiger partial charge in [-0.3, -0.25) is 5.10 Å². The van der Waals surface area contributed by atoms with Crippen LogP contribution in [0.4, 0.5) is 0 Å². The van der Waals surface area contributed by atoms with Crippen molar-refractivity contribution < 1.29 is 8.42 Å². The highest BCUT2D eigenvalue weighted by Crippen LogP contribution is 2.21. The molecule has 0 aromatic carbocycles. The van der Waals surface area contributed by atoms with Gasteiger partial charge in [0.1, 0.15) is 0 Å². The van der Waals surface area contributed by atoms with Crippen LogP contribution in [0, 0.1) is 5.92 Å². The van der Waals surface area contributed by atoms with E-state index in [1.807, 2.05) is 13.8 Å². The van der Waals surface area contributed by atoms with Crippen molar-refractivity contribution in [2.45, 2.75) is 37.8 Å². The van der Waals surface area contributed by atoms with E-state index in [1.54, 1.807) is 4.31 Å². The van der Waals surface area contributed by atoms with Crippen molar-refractivity contribution in [3.63, 3.8) is 0 Å². The number of rotatable bonds is 5. The minimum absolute atomic E-state index is 0.0526. The van der Waals surface area contributed by atoms with Gasteiger partial charge in [-0.25, -0.2) is 8.42 Å². The molecule has 2 heterocycles. The third kappa shape index (κ3) is 3.34. The summed E-state index contributed by atoms with van der Waals surface area (Å²) in [7, 11) is -3.46. The summed E-state index contributed by atoms with van der Waals surface area (Å²) in [6, 6.07) is 1.45. The molecular formula is C12H22N4O2S. The zero-order chi connectivity index (χ0) is 13.9. The fraction of sp³-hybridized carbons (Fsp3) is 0.750. The Morgan fingerprint density at radius 3 is 2.63 bits per heavy atom. The predicted molar refractivity (Wildman–Crippen MR) is 73.2 cm³/mol. The molecule has 1 aliphatic heterocycles. The maximum Gasteiger partial charge on any atom is 0.260 e. The van der Waals surface area contributed by atoms with Crippen molar-refractivity contribution in [2.75, 3.05) is 19.6 Å². The van der Waals surface area contributed by atoms with Crippen LogP contribution in [0.3, 0.4) is 0 Å². The van der Waals surface area contributed by atoms with Crippen LogP contribution in [0.5, 0.6) is 0 Å². The number of sulfonamides is 1. The summed E-state index contributed by atoms with van der Waals surface area (Å²) in [6.45, 7) is 6.35. The second-order valence-corrected chi connectivity index (χ2v) is 7.14. The molecule has 0 aliphatic carbocycles. The average Bonchev–Trinajstić information content (AvgIpc) is 2.91. The van der Waals surface area contributed by atoms with Gasteiger partial charge in [0, 0.05) is 12.6 Å². The summed E-state index contributed by atoms with van der Waals surface area (Å²) in [5.74, 6) is 0.432. The summed E-state index contributed by atoms with van der Waals surface area (Å²) in [5, 5.41) is 9.77. The summed E-state index contributed by atoms with van der Waals surface area (Å²) >= 11 is 0. The van der Waals surface area contributed by atoms with Gasteiger partial charge in [-0.15, -0.1) is 0 Å². The number of nitrogens with zero attached hydrogens (tertiary/aromatic N) is 2. The van der Waals surface area contributed by atoms with Gasteiger partial charge >= 0.3 is 0 Å². The Labute approximate surface area is 114 Å². The van der Waals surface area contributed by atoms with Gasteiger partial charge in [0.05, 0.1) is 6.20 Å². The number of H-pyrrole nitrogens is 1. The van der Waals surface area contributed by atoms with E-state index in [0.717, 1.165) is 25.9 Å². The van der Waals surface area contributed by atoms with Crippen LogP contribution in [0.1, 0.15) is 26.7 Å². The number of hydrogen-bond donors (Lipinski definition) is 2. The normalized spacial score (nSPS) is 18.3. The maximum atomic E-state index is 12.5. The van der Waals surface area contributed by atoms with Gasteiger partial charge in [-0.05, 0) is 51.8 Å². The molecule has 19 heavy (non-hydrogen) atoms. The van der Waals surface area contributed by atoms with E-state index in [4.69, 9.17) is 0 Å². The molecule has 108 valence electrons. The van der Waals surface area contributed by atoms with E-state index in [1.165, 1.54) is 12.3 Å². The SMILES string of the molecule is CC(C)N(CC1CCNCC1)S(=O)(=O)c1ccn[nH]1. The lowest BCUT2D eigenvalue weighted by molar-refractivity contribution is 0.260. The number of nitrogens with one attached hydrogen (secondary N) is 2. The Hall–Kier alpha value is -0.920. The van der Waals surface area contributed by atoms with Crippen LogP contribution in [-0.4, -0.2) is 48.6 Å². The Morgan fingerprint density at radius 2 is 2.11 bits per heavy atom. The average molecular weight is 286 g/mol. The molecule has 0 amide bonds. The lowest BCUT2D eigenvalue weighted by Crippen LogP contribution is -2.43. The van der Waals surface area contributed by atoms with Gasteiger partial charge in [0.2, 0.25) is 0 Å². The molecular weight excluding hydrogens is 264 g/mol. The third-order valence-electron chi connectivity index (χ3n) is 3.53. The Bertz CT molecular complexity index is 478. The van der Waals surface area contributed by atoms with Crippen LogP contribution < -0.4 is 5.32 Å². The summed E-state index contributed by atoms with van der Waals surface area (Å²) in [4.78, 5) is 0. The molecule has 1 aliphatic rings. The zero-order valence-corrected chi connectivity index (χ0v) is 12.3. The molecule has 7 heteroatoms. The van der Waals surface area contributed by atoms with Crippen molar-refractivity contribution in [3.05, 3.63) is 12.3 Å². The predicted octanol–water partition coefficient (Wildman–Crippen LogP) is 0.808. The van der Waals surface area contributed by atoms with Gasteiger partial charge in [0.15, 0.2) is 5.03 Å². The number of hydrogen-bond acceptors (Lipinski definition) is 4. The fourth-order valence-corrected chi connectivity index (χ4v) is 4.03. The first-order valence-electron chi connectivity index (χ1n) is 6.73. The van der Waals surface area contributed by atoms with Crippen LogP contribution in [0.25, 0.3) is 0 Å². The van der Waals surface area contributed by atoms with Crippen molar-refractivity contribution in [1.82, 2.24) is 19.8 Å². The molecule has 1 aromatic heterocycles. The summed E-state index contributed by atoms with van der Waals surface area (Å²) in [5.41, 5.74) is 0. The minimum Gasteiger partial charge on any atom is -0.317 e. The van der Waals surface area contributed by atoms with Crippen molar-refractivity contribution in [3.8, 4) is 0 Å². The fourth-order valence-electron chi connectivity index (χ4n) is 2.42. The maximum absolute atomic E-state index is 12.5. The summed E-state index contributed by atoms with van der Waals surface area (Å²) < 4.78 is 26.7. The quantitative estimate of drug-likeness (QED) is 0.839. The van der Waals surface area contributed by atoms with E-state index in [9.17, 15) is 8.42 Å². The molecule has 6 nitrogen and oxygen atoms in total. The largest absolute Gasteiger partial charge is 0.317 e. The lowest BCUT2D eigenvalue weighted by atomic mass is 9.98. The molecule has 1 aromatic rings. The highest BCUT2D eigenvalue weighted by molar-refractivity contribution is 7.89. The number of aromatic nitrogens is 2. The minimum atomic E-state index is -3.46. The lowest BCUT2D eigenvalue weighted by Gasteiger charge is -2.31. The molecule has 2 N–H and O–H groups in total. The van der Waals surface area contributed by atoms with E-state index in [2.05, 4.69) is 15.5 Å². The van der Waals surface area contributed by atoms with Crippen LogP contribution >= 0.6 is 0 Å². The molecule has 0 radical (unpaired) electrons. The highest BCUT2D eigenvalue weighted by atomic mass is 32.2. The zero-order valence-electron chi connectivity index (χ0n) is 11.5. The molecule has 0 spiro atoms. The molecule has 1 fully saturated rings. The Balaban J connectivity index is 2.15. The van der Waals surface area contributed by atoms with Crippen LogP contribution in [0.15, 0.2) is 17.3 Å².